The van der Waals surface area contributed by atoms with E-state index in [2.05, 4.69) is 90.7 Å². The van der Waals surface area contributed by atoms with E-state index in [0.717, 1.165) is 42.7 Å². The van der Waals surface area contributed by atoms with Crippen molar-refractivity contribution in [2.45, 2.75) is 189 Å². The van der Waals surface area contributed by atoms with Crippen LogP contribution in [0.15, 0.2) is 30.3 Å². The number of hydrogen-bond acceptors (Lipinski definition) is 8. The lowest BCUT2D eigenvalue weighted by molar-refractivity contribution is -0.250. The molecule has 8 aliphatic rings. The fourth-order valence-corrected chi connectivity index (χ4v) is 18.2. The molecular weight excluding hydrogens is 799 g/mol. The number of esters is 2. The Labute approximate surface area is 387 Å². The molecular formula is C55H87N3O4S. The van der Waals surface area contributed by atoms with Gasteiger partial charge < -0.3 is 14.8 Å². The molecule has 0 spiro atoms. The van der Waals surface area contributed by atoms with Crippen molar-refractivity contribution in [1.29, 1.82) is 0 Å². The average Bonchev–Trinajstić information content (AvgIpc) is 3.86. The van der Waals surface area contributed by atoms with Crippen LogP contribution in [0.1, 0.15) is 165 Å². The fourth-order valence-electron chi connectivity index (χ4n) is 17.2. The van der Waals surface area contributed by atoms with Gasteiger partial charge in [-0.15, -0.1) is 0 Å². The number of piperazine rings is 1. The zero-order chi connectivity index (χ0) is 45.0. The summed E-state index contributed by atoms with van der Waals surface area (Å²) in [5.41, 5.74) is 2.10. The van der Waals surface area contributed by atoms with E-state index < -0.39 is 5.41 Å². The van der Waals surface area contributed by atoms with Crippen LogP contribution in [0.25, 0.3) is 0 Å². The van der Waals surface area contributed by atoms with Crippen molar-refractivity contribution in [3.8, 4) is 0 Å². The van der Waals surface area contributed by atoms with E-state index in [0.29, 0.717) is 45.8 Å². The summed E-state index contributed by atoms with van der Waals surface area (Å²) in [4.78, 5) is 30.1. The first kappa shape index (κ1) is 46.5. The molecule has 1 N–H and O–H groups in total. The van der Waals surface area contributed by atoms with Crippen LogP contribution in [0, 0.1) is 73.9 Å². The molecule has 63 heavy (non-hydrogen) atoms. The molecule has 7 aliphatic carbocycles. The standard InChI is InChI=1S/C55H87N3O4S/c1-36(2)63-58-31-29-57(30-32-58)37(3)34-56-55-24-19-39(51(8)25-26-51)46(55)40-17-18-44-52(9)22-21-45(50(6,7)43(52)20-23-54(44,11)53(40,10)27-28-55)62-48(60)42-33-41(49(42,4)5)47(59)61-35-38-15-13-12-14-16-38/h12-16,36-37,39-46,56H,17-35H2,1-11H3/t37-,39+,40+,41-,42+,43-,44+,45-,46+,52-,53+,54+,55-/m0/s1. The maximum atomic E-state index is 14.1. The van der Waals surface area contributed by atoms with Crippen LogP contribution in [0.2, 0.25) is 0 Å². The van der Waals surface area contributed by atoms with Gasteiger partial charge in [0, 0.05) is 55.0 Å². The van der Waals surface area contributed by atoms with Crippen LogP contribution in [-0.2, 0) is 25.7 Å². The summed E-state index contributed by atoms with van der Waals surface area (Å²) in [5.74, 6) is 2.77. The number of nitrogens with zero attached hydrogens (tertiary/aromatic N) is 2. The van der Waals surface area contributed by atoms with Gasteiger partial charge in [-0.05, 0) is 153 Å². The molecule has 1 aromatic rings. The predicted octanol–water partition coefficient (Wildman–Crippen LogP) is 11.6. The molecule has 1 saturated heterocycles. The van der Waals surface area contributed by atoms with Gasteiger partial charge >= 0.3 is 11.9 Å². The molecule has 7 saturated carbocycles. The van der Waals surface area contributed by atoms with Crippen molar-refractivity contribution in [3.63, 3.8) is 0 Å². The maximum absolute atomic E-state index is 14.1. The number of hydrogen-bond donors (Lipinski definition) is 1. The molecule has 0 aromatic heterocycles. The lowest BCUT2D eigenvalue weighted by atomic mass is 9.32. The van der Waals surface area contributed by atoms with Crippen molar-refractivity contribution in [2.24, 2.45) is 73.9 Å². The molecule has 0 bridgehead atoms. The molecule has 13 atom stereocenters. The summed E-state index contributed by atoms with van der Waals surface area (Å²) in [6, 6.07) is 10.4. The highest BCUT2D eigenvalue weighted by atomic mass is 32.2. The van der Waals surface area contributed by atoms with Crippen molar-refractivity contribution in [3.05, 3.63) is 35.9 Å². The topological polar surface area (TPSA) is 71.1 Å². The second-order valence-electron chi connectivity index (χ2n) is 25.5. The zero-order valence-electron chi connectivity index (χ0n) is 41.5. The minimum atomic E-state index is -0.484. The van der Waals surface area contributed by atoms with Gasteiger partial charge in [0.25, 0.3) is 0 Å². The monoisotopic (exact) mass is 886 g/mol. The number of rotatable bonds is 12. The second-order valence-corrected chi connectivity index (χ2v) is 27.2. The van der Waals surface area contributed by atoms with E-state index in [-0.39, 0.29) is 52.9 Å². The third-order valence-electron chi connectivity index (χ3n) is 21.6. The van der Waals surface area contributed by atoms with E-state index in [1.54, 1.807) is 0 Å². The number of fused-ring (bicyclic) bond motifs is 7. The van der Waals surface area contributed by atoms with Gasteiger partial charge in [0.15, 0.2) is 0 Å². The number of carbonyl (C=O) groups excluding carboxylic acids is 2. The maximum Gasteiger partial charge on any atom is 0.309 e. The van der Waals surface area contributed by atoms with Crippen LogP contribution in [-0.4, -0.2) is 76.8 Å². The Morgan fingerprint density at radius 1 is 0.714 bits per heavy atom. The lowest BCUT2D eigenvalue weighted by Gasteiger charge is -2.73. The summed E-state index contributed by atoms with van der Waals surface area (Å²) in [5, 5.41) is 5.16. The Balaban J connectivity index is 0.868. The molecule has 1 heterocycles. The molecule has 0 amide bonds. The Morgan fingerprint density at radius 2 is 1.41 bits per heavy atom. The van der Waals surface area contributed by atoms with E-state index in [4.69, 9.17) is 9.47 Å². The number of nitrogens with one attached hydrogen (secondary N) is 1. The predicted molar refractivity (Wildman–Crippen MR) is 257 cm³/mol. The second kappa shape index (κ2) is 16.6. The van der Waals surface area contributed by atoms with Gasteiger partial charge in [0.2, 0.25) is 0 Å². The Morgan fingerprint density at radius 3 is 2.08 bits per heavy atom. The van der Waals surface area contributed by atoms with Crippen LogP contribution in [0.5, 0.6) is 0 Å². The fraction of sp³-hybridized carbons (Fsp3) is 0.855. The first-order valence-corrected chi connectivity index (χ1v) is 26.8. The lowest BCUT2D eigenvalue weighted by Crippen LogP contribution is -2.69. The number of benzene rings is 1. The van der Waals surface area contributed by atoms with Crippen LogP contribution in [0.3, 0.4) is 0 Å². The van der Waals surface area contributed by atoms with Gasteiger partial charge in [-0.3, -0.25) is 14.5 Å². The number of ether oxygens (including phenoxy) is 2. The Bertz CT molecular complexity index is 1840. The Hall–Kier alpha value is -1.61. The van der Waals surface area contributed by atoms with Crippen molar-refractivity contribution >= 4 is 23.9 Å². The highest BCUT2D eigenvalue weighted by Crippen LogP contribution is 2.78. The molecule has 7 nitrogen and oxygen atoms in total. The van der Waals surface area contributed by atoms with E-state index in [1.807, 2.05) is 42.3 Å². The average molecular weight is 886 g/mol. The molecule has 1 aliphatic heterocycles. The highest BCUT2D eigenvalue weighted by Gasteiger charge is 2.72. The molecule has 8 heteroatoms. The van der Waals surface area contributed by atoms with Gasteiger partial charge in [-0.2, -0.15) is 0 Å². The molecule has 352 valence electrons. The van der Waals surface area contributed by atoms with Crippen molar-refractivity contribution < 1.29 is 19.1 Å². The minimum Gasteiger partial charge on any atom is -0.462 e. The van der Waals surface area contributed by atoms with Crippen LogP contribution in [0.4, 0.5) is 0 Å². The zero-order valence-corrected chi connectivity index (χ0v) is 42.3. The first-order chi connectivity index (χ1) is 29.7. The SMILES string of the molecule is CC(C)SN1CCN([C@@H](C)CN[C@]23CC[C@@H](C4(C)CC4)[C@@H]2[C@H]2CC[C@@H]4[C@@]5(C)CC[C@H](OC(=O)[C@H]6C[C@@H](C(=O)OCc7ccccc7)C6(C)C)C(C)(C)[C@@H]5CC[C@@]4(C)[C@]2(C)CC3)CC1. The van der Waals surface area contributed by atoms with Gasteiger partial charge in [-0.25, -0.2) is 4.31 Å². The number of carbonyl (C=O) groups is 2. The largest absolute Gasteiger partial charge is 0.462 e. The quantitative estimate of drug-likeness (QED) is 0.164. The molecule has 1 aromatic carbocycles. The summed E-state index contributed by atoms with van der Waals surface area (Å²) in [6.45, 7) is 33.2. The summed E-state index contributed by atoms with van der Waals surface area (Å²) in [7, 11) is 0. The normalized spacial score (nSPS) is 43.0. The highest BCUT2D eigenvalue weighted by molar-refractivity contribution is 7.97. The Kier molecular flexibility index (Phi) is 12.2. The summed E-state index contributed by atoms with van der Waals surface area (Å²) in [6.07, 6.45) is 16.1. The third-order valence-corrected chi connectivity index (χ3v) is 22.7. The van der Waals surface area contributed by atoms with Gasteiger partial charge in [-0.1, -0.05) is 112 Å². The van der Waals surface area contributed by atoms with Crippen molar-refractivity contribution in [2.75, 3.05) is 32.7 Å². The van der Waals surface area contributed by atoms with E-state index in [9.17, 15) is 9.59 Å². The molecule has 0 unspecified atom stereocenters. The third kappa shape index (κ3) is 7.71. The smallest absolute Gasteiger partial charge is 0.309 e. The van der Waals surface area contributed by atoms with Crippen molar-refractivity contribution in [1.82, 2.24) is 14.5 Å². The van der Waals surface area contributed by atoms with Gasteiger partial charge in [0.1, 0.15) is 12.7 Å². The summed E-state index contributed by atoms with van der Waals surface area (Å²) < 4.78 is 15.0. The van der Waals surface area contributed by atoms with E-state index in [1.165, 1.54) is 90.4 Å². The first-order valence-electron chi connectivity index (χ1n) is 26.0. The van der Waals surface area contributed by atoms with Gasteiger partial charge in [0.05, 0.1) is 11.8 Å². The van der Waals surface area contributed by atoms with Crippen LogP contribution < -0.4 is 5.32 Å². The molecule has 9 rings (SSSR count). The molecule has 8 fully saturated rings. The minimum absolute atomic E-state index is 0.0932. The molecule has 0 radical (unpaired) electrons. The van der Waals surface area contributed by atoms with Crippen LogP contribution >= 0.6 is 11.9 Å². The van der Waals surface area contributed by atoms with E-state index >= 15 is 0 Å². The summed E-state index contributed by atoms with van der Waals surface area (Å²) >= 11 is 2.04.